The number of H-pyrrole nitrogens is 1. The number of nitrogens with one attached hydrogen (secondary N) is 1. The van der Waals surface area contributed by atoms with Gasteiger partial charge in [0.1, 0.15) is 0 Å². The van der Waals surface area contributed by atoms with Crippen LogP contribution in [0.2, 0.25) is 0 Å². The van der Waals surface area contributed by atoms with E-state index in [0.29, 0.717) is 23.5 Å². The van der Waals surface area contributed by atoms with E-state index in [-0.39, 0.29) is 5.56 Å². The van der Waals surface area contributed by atoms with Crippen molar-refractivity contribution < 1.29 is 9.47 Å². The van der Waals surface area contributed by atoms with Crippen molar-refractivity contribution in [3.63, 3.8) is 0 Å². The first kappa shape index (κ1) is 18.0. The van der Waals surface area contributed by atoms with Gasteiger partial charge in [-0.3, -0.25) is 9.78 Å². The van der Waals surface area contributed by atoms with Crippen LogP contribution in [0.15, 0.2) is 53.5 Å². The summed E-state index contributed by atoms with van der Waals surface area (Å²) in [6.07, 6.45) is 3.05. The first-order chi connectivity index (χ1) is 13.6. The monoisotopic (exact) mass is 374 g/mol. The van der Waals surface area contributed by atoms with Crippen LogP contribution in [-0.2, 0) is 12.8 Å². The minimum absolute atomic E-state index is 0.0790. The number of ether oxygens (including phenoxy) is 2. The molecule has 0 atom stereocenters. The molecule has 1 N–H and O–H groups in total. The molecule has 2 aromatic heterocycles. The number of rotatable bonds is 5. The summed E-state index contributed by atoms with van der Waals surface area (Å²) < 4.78 is 10.9. The second kappa shape index (κ2) is 7.35. The highest BCUT2D eigenvalue weighted by Crippen LogP contribution is 2.34. The van der Waals surface area contributed by atoms with Crippen molar-refractivity contribution in [2.24, 2.45) is 0 Å². The molecule has 0 aliphatic rings. The van der Waals surface area contributed by atoms with Crippen molar-refractivity contribution >= 4 is 21.7 Å². The number of nitrogens with zero attached hydrogens (tertiary/aromatic N) is 1. The van der Waals surface area contributed by atoms with Gasteiger partial charge in [0.05, 0.1) is 19.7 Å². The molecule has 28 heavy (non-hydrogen) atoms. The van der Waals surface area contributed by atoms with Gasteiger partial charge < -0.3 is 14.5 Å². The third kappa shape index (κ3) is 3.09. The highest BCUT2D eigenvalue weighted by molar-refractivity contribution is 5.91. The fourth-order valence-electron chi connectivity index (χ4n) is 3.65. The Labute approximate surface area is 163 Å². The number of fused-ring (bicyclic) bond motifs is 2. The van der Waals surface area contributed by atoms with E-state index in [1.54, 1.807) is 14.2 Å². The molecule has 142 valence electrons. The van der Waals surface area contributed by atoms with Gasteiger partial charge in [-0.15, -0.1) is 0 Å². The molecule has 0 radical (unpaired) electrons. The molecule has 0 aliphatic heterocycles. The maximum absolute atomic E-state index is 12.9. The van der Waals surface area contributed by atoms with Gasteiger partial charge in [-0.1, -0.05) is 25.1 Å². The van der Waals surface area contributed by atoms with E-state index in [4.69, 9.17) is 9.47 Å². The van der Waals surface area contributed by atoms with E-state index >= 15 is 0 Å². The minimum Gasteiger partial charge on any atom is -0.493 e. The lowest BCUT2D eigenvalue weighted by Crippen LogP contribution is -2.16. The van der Waals surface area contributed by atoms with Crippen LogP contribution in [-0.4, -0.2) is 24.2 Å². The van der Waals surface area contributed by atoms with Crippen molar-refractivity contribution in [3.8, 4) is 11.5 Å². The lowest BCUT2D eigenvalue weighted by molar-refractivity contribution is 0.356. The number of para-hydroxylation sites is 1. The van der Waals surface area contributed by atoms with Crippen LogP contribution in [0.5, 0.6) is 11.5 Å². The average Bonchev–Trinajstić information content (AvgIpc) is 2.74. The van der Waals surface area contributed by atoms with Crippen LogP contribution < -0.4 is 15.0 Å². The molecule has 0 amide bonds. The summed E-state index contributed by atoms with van der Waals surface area (Å²) in [4.78, 5) is 20.5. The van der Waals surface area contributed by atoms with Crippen LogP contribution in [0, 0.1) is 0 Å². The smallest absolute Gasteiger partial charge is 0.252 e. The zero-order chi connectivity index (χ0) is 19.7. The maximum atomic E-state index is 12.9. The molecular formula is C23H22N2O3. The first-order valence-electron chi connectivity index (χ1n) is 9.28. The standard InChI is InChI=1S/C23H22N2O3/c1-4-19-17-12-22(28-3)21(27-2)11-16(17)18(23(26)25-19)10-14-9-15-7-5-6-8-20(15)24-13-14/h5-9,11-13H,4,10H2,1-3H3,(H,25,26). The van der Waals surface area contributed by atoms with E-state index in [9.17, 15) is 4.79 Å². The molecular weight excluding hydrogens is 352 g/mol. The van der Waals surface area contributed by atoms with E-state index in [1.807, 2.05) is 49.5 Å². The Morgan fingerprint density at radius 3 is 2.43 bits per heavy atom. The van der Waals surface area contributed by atoms with Gasteiger partial charge >= 0.3 is 0 Å². The third-order valence-electron chi connectivity index (χ3n) is 5.09. The van der Waals surface area contributed by atoms with E-state index in [2.05, 4.69) is 16.0 Å². The molecule has 0 spiro atoms. The summed E-state index contributed by atoms with van der Waals surface area (Å²) in [6, 6.07) is 13.9. The van der Waals surface area contributed by atoms with Crippen molar-refractivity contribution in [2.45, 2.75) is 19.8 Å². The quantitative estimate of drug-likeness (QED) is 0.567. The van der Waals surface area contributed by atoms with Crippen molar-refractivity contribution in [3.05, 3.63) is 75.8 Å². The summed E-state index contributed by atoms with van der Waals surface area (Å²) >= 11 is 0. The number of aromatic nitrogens is 2. The van der Waals surface area contributed by atoms with Gasteiger partial charge in [0.2, 0.25) is 0 Å². The minimum atomic E-state index is -0.0790. The molecule has 0 fully saturated rings. The average molecular weight is 374 g/mol. The van der Waals surface area contributed by atoms with E-state index < -0.39 is 0 Å². The largest absolute Gasteiger partial charge is 0.493 e. The molecule has 0 saturated heterocycles. The van der Waals surface area contributed by atoms with Crippen LogP contribution in [0.1, 0.15) is 23.7 Å². The zero-order valence-electron chi connectivity index (χ0n) is 16.2. The zero-order valence-corrected chi connectivity index (χ0v) is 16.2. The Kier molecular flexibility index (Phi) is 4.74. The predicted octanol–water partition coefficient (Wildman–Crippen LogP) is 4.25. The topological polar surface area (TPSA) is 64.2 Å². The summed E-state index contributed by atoms with van der Waals surface area (Å²) in [5, 5.41) is 2.92. The van der Waals surface area contributed by atoms with E-state index in [1.165, 1.54) is 0 Å². The Morgan fingerprint density at radius 2 is 1.71 bits per heavy atom. The Bertz CT molecular complexity index is 1230. The molecule has 0 aliphatic carbocycles. The molecule has 0 bridgehead atoms. The molecule has 2 heterocycles. The highest BCUT2D eigenvalue weighted by Gasteiger charge is 2.15. The summed E-state index contributed by atoms with van der Waals surface area (Å²) in [7, 11) is 3.22. The summed E-state index contributed by atoms with van der Waals surface area (Å²) in [5.74, 6) is 1.26. The summed E-state index contributed by atoms with van der Waals surface area (Å²) in [5.41, 5.74) is 3.44. The second-order valence-corrected chi connectivity index (χ2v) is 6.73. The predicted molar refractivity (Wildman–Crippen MR) is 112 cm³/mol. The number of benzene rings is 2. The Morgan fingerprint density at radius 1 is 1.00 bits per heavy atom. The fourth-order valence-corrected chi connectivity index (χ4v) is 3.65. The number of hydrogen-bond acceptors (Lipinski definition) is 4. The van der Waals surface area contributed by atoms with Crippen LogP contribution in [0.4, 0.5) is 0 Å². The molecule has 5 nitrogen and oxygen atoms in total. The maximum Gasteiger partial charge on any atom is 0.252 e. The van der Waals surface area contributed by atoms with Gasteiger partial charge in [-0.25, -0.2) is 0 Å². The van der Waals surface area contributed by atoms with Crippen LogP contribution in [0.25, 0.3) is 21.7 Å². The number of aryl methyl sites for hydroxylation is 1. The fraction of sp³-hybridized carbons (Fsp3) is 0.217. The third-order valence-corrected chi connectivity index (χ3v) is 5.09. The second-order valence-electron chi connectivity index (χ2n) is 6.73. The van der Waals surface area contributed by atoms with Crippen LogP contribution in [0.3, 0.4) is 0 Å². The van der Waals surface area contributed by atoms with E-state index in [0.717, 1.165) is 39.4 Å². The van der Waals surface area contributed by atoms with Gasteiger partial charge in [0, 0.05) is 34.6 Å². The molecule has 4 rings (SSSR count). The van der Waals surface area contributed by atoms with Crippen LogP contribution >= 0.6 is 0 Å². The normalized spacial score (nSPS) is 11.1. The number of aromatic amines is 1. The molecule has 0 saturated carbocycles. The van der Waals surface area contributed by atoms with Gasteiger partial charge in [0.25, 0.3) is 5.56 Å². The summed E-state index contributed by atoms with van der Waals surface area (Å²) in [6.45, 7) is 2.02. The SMILES string of the molecule is CCc1[nH]c(=O)c(Cc2cnc3ccccc3c2)c2cc(OC)c(OC)cc12. The molecule has 0 unspecified atom stereocenters. The lowest BCUT2D eigenvalue weighted by atomic mass is 9.97. The highest BCUT2D eigenvalue weighted by atomic mass is 16.5. The number of hydrogen-bond donors (Lipinski definition) is 1. The van der Waals surface area contributed by atoms with Gasteiger partial charge in [-0.2, -0.15) is 0 Å². The molecule has 4 aromatic rings. The van der Waals surface area contributed by atoms with Crippen molar-refractivity contribution in [1.82, 2.24) is 9.97 Å². The van der Waals surface area contributed by atoms with Gasteiger partial charge in [0.15, 0.2) is 11.5 Å². The first-order valence-corrected chi connectivity index (χ1v) is 9.28. The molecule has 2 aromatic carbocycles. The molecule has 5 heteroatoms. The lowest BCUT2D eigenvalue weighted by Gasteiger charge is -2.14. The van der Waals surface area contributed by atoms with Crippen molar-refractivity contribution in [1.29, 1.82) is 0 Å². The Balaban J connectivity index is 1.91. The van der Waals surface area contributed by atoms with Gasteiger partial charge in [-0.05, 0) is 41.6 Å². The van der Waals surface area contributed by atoms with Crippen molar-refractivity contribution in [2.75, 3.05) is 14.2 Å². The number of methoxy groups -OCH3 is 2. The number of pyridine rings is 2. The Hall–Kier alpha value is -3.34.